The molecule has 1 aliphatic heterocycles. The topological polar surface area (TPSA) is 68.3 Å². The maximum Gasteiger partial charge on any atom is 0.349 e. The molecule has 7 heteroatoms. The molecule has 3 heterocycles. The third kappa shape index (κ3) is 3.58. The first-order valence-electron chi connectivity index (χ1n) is 10.4. The number of furan rings is 1. The summed E-state index contributed by atoms with van der Waals surface area (Å²) < 4.78 is 7.13. The van der Waals surface area contributed by atoms with Crippen LogP contribution in [0.4, 0.5) is 5.69 Å². The van der Waals surface area contributed by atoms with Crippen molar-refractivity contribution in [3.8, 4) is 0 Å². The molecule has 3 aromatic rings. The second-order valence-corrected chi connectivity index (χ2v) is 8.67. The Morgan fingerprint density at radius 3 is 2.87 bits per heavy atom. The van der Waals surface area contributed by atoms with E-state index in [4.69, 9.17) is 4.42 Å². The van der Waals surface area contributed by atoms with Crippen LogP contribution in [0.15, 0.2) is 56.9 Å². The van der Waals surface area contributed by atoms with E-state index in [1.54, 1.807) is 10.8 Å². The molecule has 2 aromatic heterocycles. The molecule has 0 spiro atoms. The van der Waals surface area contributed by atoms with Gasteiger partial charge in [-0.3, -0.25) is 9.36 Å². The van der Waals surface area contributed by atoms with Gasteiger partial charge >= 0.3 is 5.69 Å². The summed E-state index contributed by atoms with van der Waals surface area (Å²) in [6, 6.07) is 11.8. The van der Waals surface area contributed by atoms with Crippen LogP contribution in [0.2, 0.25) is 0 Å². The summed E-state index contributed by atoms with van der Waals surface area (Å²) in [5.74, 6) is 1.10. The number of carbonyl (C=O) groups excluding carboxylic acids is 1. The number of anilines is 1. The fraction of sp³-hybridized carbons (Fsp3) is 0.348. The number of aryl methyl sites for hydroxylation is 1. The Bertz CT molecular complexity index is 1140. The molecular weight excluding hydrogens is 398 g/mol. The Morgan fingerprint density at radius 2 is 2.00 bits per heavy atom. The highest BCUT2D eigenvalue weighted by atomic mass is 32.2. The standard InChI is InChI=1S/C23H23N3O3S/c27-21(25-12-4-7-16-6-1-2-10-19(16)25)15-30-22-18-9-3-11-20(18)26(23(28)24-22)14-17-8-5-13-29-17/h1-2,5-6,8,10,13H,3-4,7,9,11-12,14-15H2. The summed E-state index contributed by atoms with van der Waals surface area (Å²) >= 11 is 1.39. The largest absolute Gasteiger partial charge is 0.467 e. The van der Waals surface area contributed by atoms with E-state index in [9.17, 15) is 9.59 Å². The van der Waals surface area contributed by atoms with E-state index in [2.05, 4.69) is 11.1 Å². The molecule has 5 rings (SSSR count). The fourth-order valence-corrected chi connectivity index (χ4v) is 5.38. The lowest BCUT2D eigenvalue weighted by Crippen LogP contribution is -2.36. The number of amides is 1. The van der Waals surface area contributed by atoms with Gasteiger partial charge in [-0.1, -0.05) is 30.0 Å². The van der Waals surface area contributed by atoms with Crippen LogP contribution in [0.25, 0.3) is 0 Å². The van der Waals surface area contributed by atoms with Gasteiger partial charge in [-0.2, -0.15) is 4.98 Å². The molecule has 0 unspecified atom stereocenters. The lowest BCUT2D eigenvalue weighted by atomic mass is 10.0. The van der Waals surface area contributed by atoms with E-state index in [1.165, 1.54) is 17.3 Å². The van der Waals surface area contributed by atoms with Crippen molar-refractivity contribution in [2.45, 2.75) is 43.7 Å². The summed E-state index contributed by atoms with van der Waals surface area (Å²) in [6.45, 7) is 1.14. The molecule has 0 saturated carbocycles. The first-order chi connectivity index (χ1) is 14.7. The van der Waals surface area contributed by atoms with E-state index in [1.807, 2.05) is 35.2 Å². The van der Waals surface area contributed by atoms with Gasteiger partial charge in [0.25, 0.3) is 0 Å². The maximum absolute atomic E-state index is 13.0. The second kappa shape index (κ2) is 8.14. The monoisotopic (exact) mass is 421 g/mol. The number of thioether (sulfide) groups is 1. The normalized spacial score (nSPS) is 15.1. The molecule has 154 valence electrons. The Kier molecular flexibility index (Phi) is 5.21. The Balaban J connectivity index is 1.36. The highest BCUT2D eigenvalue weighted by Crippen LogP contribution is 2.31. The van der Waals surface area contributed by atoms with Crippen LogP contribution in [0.5, 0.6) is 0 Å². The van der Waals surface area contributed by atoms with E-state index in [-0.39, 0.29) is 17.3 Å². The van der Waals surface area contributed by atoms with Crippen molar-refractivity contribution in [1.29, 1.82) is 0 Å². The average molecular weight is 422 g/mol. The molecule has 0 bridgehead atoms. The van der Waals surface area contributed by atoms with Crippen molar-refractivity contribution in [2.24, 2.45) is 0 Å². The van der Waals surface area contributed by atoms with Gasteiger partial charge < -0.3 is 9.32 Å². The van der Waals surface area contributed by atoms with Gasteiger partial charge in [-0.05, 0) is 55.9 Å². The second-order valence-electron chi connectivity index (χ2n) is 7.71. The van der Waals surface area contributed by atoms with Crippen LogP contribution in [0.3, 0.4) is 0 Å². The minimum atomic E-state index is -0.273. The minimum Gasteiger partial charge on any atom is -0.467 e. The molecule has 6 nitrogen and oxygen atoms in total. The Labute approximate surface area is 178 Å². The van der Waals surface area contributed by atoms with E-state index in [0.29, 0.717) is 11.6 Å². The highest BCUT2D eigenvalue weighted by molar-refractivity contribution is 8.00. The number of para-hydroxylation sites is 1. The zero-order valence-corrected chi connectivity index (χ0v) is 17.5. The molecule has 1 aromatic carbocycles. The summed E-state index contributed by atoms with van der Waals surface area (Å²) in [7, 11) is 0. The summed E-state index contributed by atoms with van der Waals surface area (Å²) in [5, 5.41) is 0.710. The van der Waals surface area contributed by atoms with Crippen molar-refractivity contribution >= 4 is 23.4 Å². The number of carbonyl (C=O) groups is 1. The number of fused-ring (bicyclic) bond motifs is 2. The molecule has 1 amide bonds. The molecule has 2 aliphatic rings. The lowest BCUT2D eigenvalue weighted by Gasteiger charge is -2.29. The van der Waals surface area contributed by atoms with Gasteiger partial charge in [-0.15, -0.1) is 0 Å². The van der Waals surface area contributed by atoms with Crippen LogP contribution in [-0.4, -0.2) is 27.8 Å². The molecule has 30 heavy (non-hydrogen) atoms. The summed E-state index contributed by atoms with van der Waals surface area (Å²) in [4.78, 5) is 31.9. The highest BCUT2D eigenvalue weighted by Gasteiger charge is 2.25. The van der Waals surface area contributed by atoms with E-state index >= 15 is 0 Å². The quantitative estimate of drug-likeness (QED) is 0.466. The van der Waals surface area contributed by atoms with Crippen LogP contribution in [0.1, 0.15) is 35.4 Å². The first kappa shape index (κ1) is 19.2. The smallest absolute Gasteiger partial charge is 0.349 e. The van der Waals surface area contributed by atoms with Gasteiger partial charge in [-0.25, -0.2) is 4.79 Å². The lowest BCUT2D eigenvalue weighted by molar-refractivity contribution is -0.116. The summed E-state index contributed by atoms with van der Waals surface area (Å²) in [6.07, 6.45) is 6.35. The zero-order chi connectivity index (χ0) is 20.5. The predicted molar refractivity (Wildman–Crippen MR) is 116 cm³/mol. The number of aromatic nitrogens is 2. The van der Waals surface area contributed by atoms with E-state index in [0.717, 1.165) is 61.4 Å². The number of hydrogen-bond donors (Lipinski definition) is 0. The molecule has 0 N–H and O–H groups in total. The maximum atomic E-state index is 13.0. The molecule has 0 atom stereocenters. The fourth-order valence-electron chi connectivity index (χ4n) is 4.43. The molecule has 0 radical (unpaired) electrons. The van der Waals surface area contributed by atoms with Crippen molar-refractivity contribution in [2.75, 3.05) is 17.2 Å². The molecular formula is C23H23N3O3S. The minimum absolute atomic E-state index is 0.0699. The Hall–Kier alpha value is -2.80. The van der Waals surface area contributed by atoms with Crippen molar-refractivity contribution < 1.29 is 9.21 Å². The van der Waals surface area contributed by atoms with Crippen molar-refractivity contribution in [3.63, 3.8) is 0 Å². The van der Waals surface area contributed by atoms with Crippen molar-refractivity contribution in [3.05, 3.63) is 75.7 Å². The van der Waals surface area contributed by atoms with E-state index < -0.39 is 0 Å². The number of nitrogens with zero attached hydrogens (tertiary/aromatic N) is 3. The first-order valence-corrected chi connectivity index (χ1v) is 11.4. The Morgan fingerprint density at radius 1 is 1.10 bits per heavy atom. The number of hydrogen-bond acceptors (Lipinski definition) is 5. The van der Waals surface area contributed by atoms with Crippen LogP contribution >= 0.6 is 11.8 Å². The molecule has 1 aliphatic carbocycles. The predicted octanol–water partition coefficient (Wildman–Crippen LogP) is 3.44. The average Bonchev–Trinajstić information content (AvgIpc) is 3.46. The van der Waals surface area contributed by atoms with Gasteiger partial charge in [0.05, 0.1) is 18.6 Å². The third-order valence-corrected chi connectivity index (χ3v) is 6.84. The van der Waals surface area contributed by atoms with Gasteiger partial charge in [0.15, 0.2) is 0 Å². The van der Waals surface area contributed by atoms with Crippen molar-refractivity contribution in [1.82, 2.24) is 9.55 Å². The zero-order valence-electron chi connectivity index (χ0n) is 16.7. The van der Waals surface area contributed by atoms with Gasteiger partial charge in [0.2, 0.25) is 5.91 Å². The summed E-state index contributed by atoms with van der Waals surface area (Å²) in [5.41, 5.74) is 4.11. The van der Waals surface area contributed by atoms with Gasteiger partial charge in [0.1, 0.15) is 10.8 Å². The van der Waals surface area contributed by atoms with Gasteiger partial charge in [0, 0.05) is 23.5 Å². The van der Waals surface area contributed by atoms with Crippen LogP contribution in [0, 0.1) is 0 Å². The SMILES string of the molecule is O=C(CSc1nc(=O)n(Cc2ccco2)c2c1CCC2)N1CCCc2ccccc21. The molecule has 0 saturated heterocycles. The van der Waals surface area contributed by atoms with Crippen LogP contribution in [-0.2, 0) is 30.6 Å². The number of rotatable bonds is 5. The molecule has 0 fully saturated rings. The number of benzene rings is 1. The van der Waals surface area contributed by atoms with Crippen LogP contribution < -0.4 is 10.6 Å². The third-order valence-electron chi connectivity index (χ3n) is 5.84.